The maximum Gasteiger partial charge on any atom is 0.137 e. The number of aromatic nitrogens is 2. The number of imidazole rings is 1. The Labute approximate surface area is 126 Å². The molecule has 4 heteroatoms. The van der Waals surface area contributed by atoms with E-state index in [1.54, 1.807) is 0 Å². The molecule has 3 nitrogen and oxygen atoms in total. The minimum absolute atomic E-state index is 0.188. The van der Waals surface area contributed by atoms with Crippen molar-refractivity contribution >= 4 is 21.6 Å². The predicted octanol–water partition coefficient (Wildman–Crippen LogP) is 4.55. The van der Waals surface area contributed by atoms with E-state index in [-0.39, 0.29) is 6.10 Å². The lowest BCUT2D eigenvalue weighted by Crippen LogP contribution is -2.05. The molecule has 0 aliphatic carbocycles. The van der Waals surface area contributed by atoms with Crippen LogP contribution in [0.5, 0.6) is 5.75 Å². The van der Waals surface area contributed by atoms with Crippen molar-refractivity contribution in [2.45, 2.75) is 20.0 Å². The molecule has 20 heavy (non-hydrogen) atoms. The van der Waals surface area contributed by atoms with Gasteiger partial charge in [-0.1, -0.05) is 0 Å². The van der Waals surface area contributed by atoms with Crippen LogP contribution in [0.25, 0.3) is 16.9 Å². The average molecular weight is 331 g/mol. The predicted molar refractivity (Wildman–Crippen MR) is 84.1 cm³/mol. The Morgan fingerprint density at radius 1 is 1.05 bits per heavy atom. The zero-order valence-corrected chi connectivity index (χ0v) is 13.0. The van der Waals surface area contributed by atoms with Crippen LogP contribution in [0.4, 0.5) is 0 Å². The topological polar surface area (TPSA) is 26.5 Å². The summed E-state index contributed by atoms with van der Waals surface area (Å²) in [5.74, 6) is 0.884. The number of halogens is 1. The third-order valence-electron chi connectivity index (χ3n) is 2.94. The highest BCUT2D eigenvalue weighted by molar-refractivity contribution is 9.10. The Kier molecular flexibility index (Phi) is 3.49. The average Bonchev–Trinajstić information content (AvgIpc) is 2.81. The van der Waals surface area contributed by atoms with Crippen LogP contribution in [0, 0.1) is 0 Å². The number of ether oxygens (including phenoxy) is 1. The van der Waals surface area contributed by atoms with Crippen molar-refractivity contribution < 1.29 is 4.74 Å². The Morgan fingerprint density at radius 2 is 1.80 bits per heavy atom. The van der Waals surface area contributed by atoms with Crippen molar-refractivity contribution in [3.8, 4) is 17.0 Å². The number of rotatable bonds is 3. The Morgan fingerprint density at radius 3 is 2.50 bits per heavy atom. The molecule has 0 amide bonds. The lowest BCUT2D eigenvalue weighted by atomic mass is 10.1. The van der Waals surface area contributed by atoms with Crippen LogP contribution in [0.3, 0.4) is 0 Å². The number of benzene rings is 1. The highest BCUT2D eigenvalue weighted by Gasteiger charge is 2.05. The molecule has 0 fully saturated rings. The van der Waals surface area contributed by atoms with Gasteiger partial charge in [-0.25, -0.2) is 4.98 Å². The second-order valence-electron chi connectivity index (χ2n) is 4.93. The van der Waals surface area contributed by atoms with Gasteiger partial charge >= 0.3 is 0 Å². The molecule has 3 aromatic rings. The number of fused-ring (bicyclic) bond motifs is 1. The van der Waals surface area contributed by atoms with E-state index in [9.17, 15) is 0 Å². The quantitative estimate of drug-likeness (QED) is 0.704. The van der Waals surface area contributed by atoms with E-state index in [1.807, 2.05) is 67.0 Å². The normalized spacial score (nSPS) is 11.2. The van der Waals surface area contributed by atoms with Gasteiger partial charge in [0.25, 0.3) is 0 Å². The Bertz CT molecular complexity index is 732. The molecule has 1 aromatic carbocycles. The minimum Gasteiger partial charge on any atom is -0.491 e. The van der Waals surface area contributed by atoms with Crippen molar-refractivity contribution in [1.29, 1.82) is 0 Å². The summed E-state index contributed by atoms with van der Waals surface area (Å²) in [5, 5.41) is 0. The van der Waals surface area contributed by atoms with E-state index in [4.69, 9.17) is 4.74 Å². The molecule has 0 N–H and O–H groups in total. The first-order valence-corrected chi connectivity index (χ1v) is 7.32. The van der Waals surface area contributed by atoms with Gasteiger partial charge in [-0.15, -0.1) is 0 Å². The van der Waals surface area contributed by atoms with E-state index >= 15 is 0 Å². The largest absolute Gasteiger partial charge is 0.491 e. The monoisotopic (exact) mass is 330 g/mol. The van der Waals surface area contributed by atoms with Crippen molar-refractivity contribution in [2.24, 2.45) is 0 Å². The van der Waals surface area contributed by atoms with Gasteiger partial charge in [-0.2, -0.15) is 0 Å². The van der Waals surface area contributed by atoms with Crippen LogP contribution >= 0.6 is 15.9 Å². The molecule has 0 unspecified atom stereocenters. The molecule has 3 rings (SSSR count). The molecule has 0 aliphatic heterocycles. The molecular weight excluding hydrogens is 316 g/mol. The summed E-state index contributed by atoms with van der Waals surface area (Å²) in [6, 6.07) is 12.0. The van der Waals surface area contributed by atoms with Crippen molar-refractivity contribution in [3.63, 3.8) is 0 Å². The van der Waals surface area contributed by atoms with Gasteiger partial charge in [-0.05, 0) is 66.2 Å². The van der Waals surface area contributed by atoms with E-state index in [0.717, 1.165) is 27.1 Å². The van der Waals surface area contributed by atoms with Crippen LogP contribution < -0.4 is 4.74 Å². The SMILES string of the molecule is CC(C)Oc1ccc(-c2cn3cc(Br)ccc3n2)cc1. The van der Waals surface area contributed by atoms with Crippen LogP contribution in [-0.2, 0) is 0 Å². The lowest BCUT2D eigenvalue weighted by molar-refractivity contribution is 0.242. The van der Waals surface area contributed by atoms with Gasteiger partial charge in [0, 0.05) is 22.4 Å². The summed E-state index contributed by atoms with van der Waals surface area (Å²) in [7, 11) is 0. The molecule has 0 atom stereocenters. The van der Waals surface area contributed by atoms with Crippen LogP contribution in [-0.4, -0.2) is 15.5 Å². The lowest BCUT2D eigenvalue weighted by Gasteiger charge is -2.09. The highest BCUT2D eigenvalue weighted by atomic mass is 79.9. The van der Waals surface area contributed by atoms with Gasteiger partial charge in [0.1, 0.15) is 11.4 Å². The first kappa shape index (κ1) is 13.2. The van der Waals surface area contributed by atoms with E-state index in [0.29, 0.717) is 0 Å². The molecular formula is C16H15BrN2O. The second-order valence-corrected chi connectivity index (χ2v) is 5.85. The van der Waals surface area contributed by atoms with Crippen LogP contribution in [0.15, 0.2) is 53.3 Å². The fourth-order valence-corrected chi connectivity index (χ4v) is 2.43. The van der Waals surface area contributed by atoms with Crippen molar-refractivity contribution in [1.82, 2.24) is 9.38 Å². The molecule has 0 bridgehead atoms. The second kappa shape index (κ2) is 5.29. The van der Waals surface area contributed by atoms with Gasteiger partial charge in [0.15, 0.2) is 0 Å². The first-order valence-electron chi connectivity index (χ1n) is 6.53. The number of nitrogens with zero attached hydrogens (tertiary/aromatic N) is 2. The molecule has 0 spiro atoms. The smallest absolute Gasteiger partial charge is 0.137 e. The molecule has 2 aromatic heterocycles. The number of hydrogen-bond acceptors (Lipinski definition) is 2. The summed E-state index contributed by atoms with van der Waals surface area (Å²) >= 11 is 3.47. The Hall–Kier alpha value is -1.81. The summed E-state index contributed by atoms with van der Waals surface area (Å²) in [6.07, 6.45) is 4.22. The fraction of sp³-hybridized carbons (Fsp3) is 0.188. The molecule has 2 heterocycles. The third kappa shape index (κ3) is 2.70. The fourth-order valence-electron chi connectivity index (χ4n) is 2.08. The molecule has 0 radical (unpaired) electrons. The summed E-state index contributed by atoms with van der Waals surface area (Å²) < 4.78 is 8.70. The standard InChI is InChI=1S/C16H15BrN2O/c1-11(2)20-14-6-3-12(4-7-14)15-10-19-9-13(17)5-8-16(19)18-15/h3-11H,1-2H3. The van der Waals surface area contributed by atoms with E-state index in [1.165, 1.54) is 0 Å². The van der Waals surface area contributed by atoms with Gasteiger partial charge in [-0.3, -0.25) is 0 Å². The molecule has 0 saturated heterocycles. The van der Waals surface area contributed by atoms with Crippen LogP contribution in [0.2, 0.25) is 0 Å². The number of hydrogen-bond donors (Lipinski definition) is 0. The first-order chi connectivity index (χ1) is 9.61. The summed E-state index contributed by atoms with van der Waals surface area (Å²) in [4.78, 5) is 4.62. The van der Waals surface area contributed by atoms with Crippen LogP contribution in [0.1, 0.15) is 13.8 Å². The van der Waals surface area contributed by atoms with Crippen molar-refractivity contribution in [2.75, 3.05) is 0 Å². The molecule has 102 valence electrons. The van der Waals surface area contributed by atoms with Crippen molar-refractivity contribution in [3.05, 3.63) is 53.3 Å². The maximum atomic E-state index is 5.65. The summed E-state index contributed by atoms with van der Waals surface area (Å²) in [5.41, 5.74) is 2.98. The van der Waals surface area contributed by atoms with Gasteiger partial charge < -0.3 is 9.14 Å². The third-order valence-corrected chi connectivity index (χ3v) is 3.41. The maximum absolute atomic E-state index is 5.65. The summed E-state index contributed by atoms with van der Waals surface area (Å²) in [6.45, 7) is 4.04. The number of pyridine rings is 1. The molecule has 0 saturated carbocycles. The van der Waals surface area contributed by atoms with E-state index in [2.05, 4.69) is 20.9 Å². The van der Waals surface area contributed by atoms with Gasteiger partial charge in [0.05, 0.1) is 11.8 Å². The zero-order chi connectivity index (χ0) is 14.1. The minimum atomic E-state index is 0.188. The van der Waals surface area contributed by atoms with Gasteiger partial charge in [0.2, 0.25) is 0 Å². The zero-order valence-electron chi connectivity index (χ0n) is 11.4. The Balaban J connectivity index is 1.94. The highest BCUT2D eigenvalue weighted by Crippen LogP contribution is 2.23. The van der Waals surface area contributed by atoms with E-state index < -0.39 is 0 Å². The molecule has 0 aliphatic rings.